The molecule has 112 valence electrons. The highest BCUT2D eigenvalue weighted by Crippen LogP contribution is 2.16. The van der Waals surface area contributed by atoms with Gasteiger partial charge in [0.1, 0.15) is 0 Å². The third-order valence-electron chi connectivity index (χ3n) is 3.97. The highest BCUT2D eigenvalue weighted by molar-refractivity contribution is 5.93. The van der Waals surface area contributed by atoms with Crippen molar-refractivity contribution in [3.63, 3.8) is 0 Å². The van der Waals surface area contributed by atoms with Crippen LogP contribution in [0.1, 0.15) is 31.2 Å². The summed E-state index contributed by atoms with van der Waals surface area (Å²) in [5, 5.41) is 13.3. The lowest BCUT2D eigenvalue weighted by molar-refractivity contribution is -0.118. The number of H-pyrrole nitrogens is 1. The van der Waals surface area contributed by atoms with Crippen LogP contribution in [-0.2, 0) is 4.79 Å². The first-order valence-corrected chi connectivity index (χ1v) is 7.38. The lowest BCUT2D eigenvalue weighted by Crippen LogP contribution is -2.46. The van der Waals surface area contributed by atoms with E-state index in [-0.39, 0.29) is 5.91 Å². The number of piperidine rings is 1. The highest BCUT2D eigenvalue weighted by Gasteiger charge is 2.22. The highest BCUT2D eigenvalue weighted by atomic mass is 16.2. The Balaban J connectivity index is 1.92. The van der Waals surface area contributed by atoms with E-state index in [0.717, 1.165) is 49.6 Å². The van der Waals surface area contributed by atoms with E-state index in [9.17, 15) is 4.79 Å². The summed E-state index contributed by atoms with van der Waals surface area (Å²) in [5.41, 5.74) is 2.55. The number of aromatic nitrogens is 2. The zero-order chi connectivity index (χ0) is 14.5. The zero-order valence-corrected chi connectivity index (χ0v) is 12.6. The van der Waals surface area contributed by atoms with Gasteiger partial charge in [0, 0.05) is 6.04 Å². The van der Waals surface area contributed by atoms with Gasteiger partial charge in [-0.3, -0.25) is 14.8 Å². The quantitative estimate of drug-likeness (QED) is 0.753. The lowest BCUT2D eigenvalue weighted by atomic mass is 10.0. The van der Waals surface area contributed by atoms with Crippen LogP contribution in [0.3, 0.4) is 0 Å². The number of anilines is 1. The maximum atomic E-state index is 12.2. The number of carbonyl (C=O) groups is 1. The first-order valence-electron chi connectivity index (χ1n) is 7.38. The van der Waals surface area contributed by atoms with Gasteiger partial charge in [0.15, 0.2) is 0 Å². The normalized spacial score (nSPS) is 16.6. The average Bonchev–Trinajstić information content (AvgIpc) is 2.77. The van der Waals surface area contributed by atoms with Crippen LogP contribution in [0.15, 0.2) is 0 Å². The van der Waals surface area contributed by atoms with Gasteiger partial charge in [0.25, 0.3) is 0 Å². The molecular weight excluding hydrogens is 254 g/mol. The SMILES string of the molecule is CCN(CC(=O)Nc1c(C)n[nH]c1C)C1CCNCC1. The van der Waals surface area contributed by atoms with Crippen molar-refractivity contribution in [3.05, 3.63) is 11.4 Å². The second-order valence-corrected chi connectivity index (χ2v) is 5.40. The molecule has 0 bridgehead atoms. The van der Waals surface area contributed by atoms with Gasteiger partial charge in [-0.25, -0.2) is 0 Å². The number of hydrogen-bond acceptors (Lipinski definition) is 4. The molecule has 0 aromatic carbocycles. The predicted octanol–water partition coefficient (Wildman–Crippen LogP) is 1.04. The Morgan fingerprint density at radius 1 is 1.40 bits per heavy atom. The third-order valence-corrected chi connectivity index (χ3v) is 3.97. The summed E-state index contributed by atoms with van der Waals surface area (Å²) in [7, 11) is 0. The molecule has 1 aromatic rings. The van der Waals surface area contributed by atoms with Gasteiger partial charge in [-0.2, -0.15) is 5.10 Å². The van der Waals surface area contributed by atoms with Crippen molar-refractivity contribution in [2.75, 3.05) is 31.5 Å². The number of hydrogen-bond donors (Lipinski definition) is 3. The first kappa shape index (κ1) is 15.0. The van der Waals surface area contributed by atoms with Crippen molar-refractivity contribution in [2.45, 2.75) is 39.7 Å². The molecule has 6 nitrogen and oxygen atoms in total. The third kappa shape index (κ3) is 3.58. The summed E-state index contributed by atoms with van der Waals surface area (Å²) < 4.78 is 0. The van der Waals surface area contributed by atoms with Gasteiger partial charge >= 0.3 is 0 Å². The van der Waals surface area contributed by atoms with Crippen LogP contribution in [0.25, 0.3) is 0 Å². The number of rotatable bonds is 5. The van der Waals surface area contributed by atoms with Crippen LogP contribution in [0.4, 0.5) is 5.69 Å². The van der Waals surface area contributed by atoms with Crippen LogP contribution in [-0.4, -0.2) is 53.2 Å². The number of nitrogens with one attached hydrogen (secondary N) is 3. The summed E-state index contributed by atoms with van der Waals surface area (Å²) in [6.45, 7) is 9.37. The molecule has 0 unspecified atom stereocenters. The summed E-state index contributed by atoms with van der Waals surface area (Å²) in [5.74, 6) is 0.0398. The molecule has 2 rings (SSSR count). The van der Waals surface area contributed by atoms with Gasteiger partial charge < -0.3 is 10.6 Å². The van der Waals surface area contributed by atoms with E-state index in [2.05, 4.69) is 32.7 Å². The van der Waals surface area contributed by atoms with Gasteiger partial charge in [-0.05, 0) is 46.3 Å². The molecule has 2 heterocycles. The van der Waals surface area contributed by atoms with Crippen LogP contribution < -0.4 is 10.6 Å². The van der Waals surface area contributed by atoms with Crippen molar-refractivity contribution in [3.8, 4) is 0 Å². The van der Waals surface area contributed by atoms with Gasteiger partial charge in [-0.15, -0.1) is 0 Å². The number of aryl methyl sites for hydroxylation is 2. The van der Waals surface area contributed by atoms with Crippen molar-refractivity contribution in [2.24, 2.45) is 0 Å². The molecule has 1 aromatic heterocycles. The number of amides is 1. The monoisotopic (exact) mass is 279 g/mol. The van der Waals surface area contributed by atoms with Crippen LogP contribution >= 0.6 is 0 Å². The second kappa shape index (κ2) is 6.85. The summed E-state index contributed by atoms with van der Waals surface area (Å²) in [6, 6.07) is 0.513. The largest absolute Gasteiger partial charge is 0.322 e. The average molecular weight is 279 g/mol. The first-order chi connectivity index (χ1) is 9.61. The molecule has 0 aliphatic carbocycles. The molecule has 0 radical (unpaired) electrons. The van der Waals surface area contributed by atoms with E-state index in [4.69, 9.17) is 0 Å². The fraction of sp³-hybridized carbons (Fsp3) is 0.714. The molecule has 3 N–H and O–H groups in total. The fourth-order valence-electron chi connectivity index (χ4n) is 2.77. The van der Waals surface area contributed by atoms with Gasteiger partial charge in [-0.1, -0.05) is 6.92 Å². The molecular formula is C14H25N5O. The number of nitrogens with zero attached hydrogens (tertiary/aromatic N) is 2. The fourth-order valence-corrected chi connectivity index (χ4v) is 2.77. The minimum absolute atomic E-state index is 0.0398. The van der Waals surface area contributed by atoms with Gasteiger partial charge in [0.05, 0.1) is 23.6 Å². The van der Waals surface area contributed by atoms with Crippen molar-refractivity contribution in [1.82, 2.24) is 20.4 Å². The predicted molar refractivity (Wildman–Crippen MR) is 79.8 cm³/mol. The van der Waals surface area contributed by atoms with E-state index in [1.807, 2.05) is 13.8 Å². The van der Waals surface area contributed by atoms with Crippen LogP contribution in [0.2, 0.25) is 0 Å². The number of carbonyl (C=O) groups excluding carboxylic acids is 1. The lowest BCUT2D eigenvalue weighted by Gasteiger charge is -2.33. The molecule has 1 fully saturated rings. The Bertz CT molecular complexity index is 431. The molecule has 1 aliphatic rings. The maximum absolute atomic E-state index is 12.2. The standard InChI is InChI=1S/C14H25N5O/c1-4-19(12-5-7-15-8-6-12)9-13(20)16-14-10(2)17-18-11(14)3/h12,15H,4-9H2,1-3H3,(H,16,20)(H,17,18). The second-order valence-electron chi connectivity index (χ2n) is 5.40. The van der Waals surface area contributed by atoms with Gasteiger partial charge in [0.2, 0.25) is 5.91 Å². The minimum atomic E-state index is 0.0398. The van der Waals surface area contributed by atoms with Crippen molar-refractivity contribution in [1.29, 1.82) is 0 Å². The molecule has 1 aliphatic heterocycles. The Morgan fingerprint density at radius 3 is 2.65 bits per heavy atom. The molecule has 6 heteroatoms. The molecule has 0 atom stereocenters. The van der Waals surface area contributed by atoms with Crippen molar-refractivity contribution < 1.29 is 4.79 Å². The van der Waals surface area contributed by atoms with E-state index >= 15 is 0 Å². The van der Waals surface area contributed by atoms with E-state index in [1.165, 1.54) is 0 Å². The Hall–Kier alpha value is -1.40. The summed E-state index contributed by atoms with van der Waals surface area (Å²) >= 11 is 0. The topological polar surface area (TPSA) is 73.0 Å². The zero-order valence-electron chi connectivity index (χ0n) is 12.6. The number of aromatic amines is 1. The Labute approximate surface area is 120 Å². The van der Waals surface area contributed by atoms with E-state index < -0.39 is 0 Å². The maximum Gasteiger partial charge on any atom is 0.238 e. The summed E-state index contributed by atoms with van der Waals surface area (Å²) in [4.78, 5) is 14.5. The molecule has 20 heavy (non-hydrogen) atoms. The molecule has 1 saturated heterocycles. The van der Waals surface area contributed by atoms with Crippen LogP contribution in [0.5, 0.6) is 0 Å². The van der Waals surface area contributed by atoms with E-state index in [0.29, 0.717) is 12.6 Å². The smallest absolute Gasteiger partial charge is 0.238 e. The number of likely N-dealkylation sites (N-methyl/N-ethyl adjacent to an activating group) is 1. The Morgan fingerprint density at radius 2 is 2.10 bits per heavy atom. The molecule has 1 amide bonds. The Kier molecular flexibility index (Phi) is 5.14. The molecule has 0 spiro atoms. The summed E-state index contributed by atoms with van der Waals surface area (Å²) in [6.07, 6.45) is 2.23. The van der Waals surface area contributed by atoms with E-state index in [1.54, 1.807) is 0 Å². The molecule has 0 saturated carbocycles. The van der Waals surface area contributed by atoms with Crippen molar-refractivity contribution >= 4 is 11.6 Å². The minimum Gasteiger partial charge on any atom is -0.322 e. The van der Waals surface area contributed by atoms with Crippen LogP contribution in [0, 0.1) is 13.8 Å².